The molecule has 0 radical (unpaired) electrons. The Balaban J connectivity index is 1.51. The van der Waals surface area contributed by atoms with Gasteiger partial charge in [-0.1, -0.05) is 33.3 Å². The fourth-order valence-corrected chi connectivity index (χ4v) is 4.32. The summed E-state index contributed by atoms with van der Waals surface area (Å²) in [6.45, 7) is 10.3. The van der Waals surface area contributed by atoms with Crippen LogP contribution in [0.15, 0.2) is 18.2 Å². The first-order valence-electron chi connectivity index (χ1n) is 12.2. The fourth-order valence-electron chi connectivity index (χ4n) is 4.32. The Morgan fingerprint density at radius 2 is 1.84 bits per heavy atom. The van der Waals surface area contributed by atoms with Gasteiger partial charge in [-0.2, -0.15) is 0 Å². The third-order valence-electron chi connectivity index (χ3n) is 6.27. The van der Waals surface area contributed by atoms with Crippen molar-refractivity contribution < 1.29 is 19.1 Å². The van der Waals surface area contributed by atoms with Crippen LogP contribution in [0.3, 0.4) is 0 Å². The maximum absolute atomic E-state index is 12.8. The van der Waals surface area contributed by atoms with E-state index in [0.717, 1.165) is 68.8 Å². The van der Waals surface area contributed by atoms with Crippen molar-refractivity contribution in [2.75, 3.05) is 39.4 Å². The maximum atomic E-state index is 12.8. The monoisotopic (exact) mass is 445 g/mol. The summed E-state index contributed by atoms with van der Waals surface area (Å²) in [7, 11) is 0. The molecule has 0 aliphatic carbocycles. The lowest BCUT2D eigenvalue weighted by Gasteiger charge is -2.31. The average molecular weight is 446 g/mol. The zero-order valence-corrected chi connectivity index (χ0v) is 19.8. The molecule has 32 heavy (non-hydrogen) atoms. The number of fused-ring (bicyclic) bond motifs is 1. The molecule has 1 aromatic carbocycles. The summed E-state index contributed by atoms with van der Waals surface area (Å²) >= 11 is 0. The van der Waals surface area contributed by atoms with E-state index in [-0.39, 0.29) is 29.7 Å². The molecule has 0 aromatic heterocycles. The van der Waals surface area contributed by atoms with Gasteiger partial charge in [0.15, 0.2) is 11.5 Å². The lowest BCUT2D eigenvalue weighted by atomic mass is 9.95. The Hall–Kier alpha value is -2.28. The van der Waals surface area contributed by atoms with Crippen LogP contribution in [0.2, 0.25) is 0 Å². The molecule has 0 saturated carbocycles. The molecule has 1 unspecified atom stereocenters. The van der Waals surface area contributed by atoms with E-state index < -0.39 is 0 Å². The highest BCUT2D eigenvalue weighted by atomic mass is 16.5. The van der Waals surface area contributed by atoms with Crippen LogP contribution in [-0.2, 0) is 9.59 Å². The Morgan fingerprint density at radius 1 is 1.12 bits per heavy atom. The van der Waals surface area contributed by atoms with Gasteiger partial charge in [-0.15, -0.1) is 0 Å². The zero-order valence-electron chi connectivity index (χ0n) is 19.8. The lowest BCUT2D eigenvalue weighted by Crippen LogP contribution is -2.45. The van der Waals surface area contributed by atoms with E-state index in [9.17, 15) is 9.59 Å². The number of hydrogen-bond donors (Lipinski definition) is 2. The zero-order chi connectivity index (χ0) is 22.9. The quantitative estimate of drug-likeness (QED) is 0.570. The number of nitrogens with one attached hydrogen (secondary N) is 2. The molecule has 0 spiro atoms. The van der Waals surface area contributed by atoms with E-state index in [0.29, 0.717) is 19.8 Å². The normalized spacial score (nSPS) is 18.1. The van der Waals surface area contributed by atoms with Crippen LogP contribution in [0, 0.1) is 11.8 Å². The number of rotatable bonds is 9. The van der Waals surface area contributed by atoms with E-state index >= 15 is 0 Å². The van der Waals surface area contributed by atoms with Gasteiger partial charge in [0.1, 0.15) is 0 Å². The predicted molar refractivity (Wildman–Crippen MR) is 125 cm³/mol. The number of amides is 2. The molecule has 178 valence electrons. The van der Waals surface area contributed by atoms with Gasteiger partial charge < -0.3 is 20.1 Å². The van der Waals surface area contributed by atoms with Crippen LogP contribution in [0.1, 0.15) is 64.5 Å². The van der Waals surface area contributed by atoms with Crippen molar-refractivity contribution in [1.82, 2.24) is 15.5 Å². The number of piperidine rings is 1. The van der Waals surface area contributed by atoms with E-state index in [1.807, 2.05) is 18.2 Å². The molecule has 2 aliphatic heterocycles. The van der Waals surface area contributed by atoms with Crippen LogP contribution >= 0.6 is 0 Å². The van der Waals surface area contributed by atoms with Gasteiger partial charge in [-0.25, -0.2) is 0 Å². The number of unbranched alkanes of at least 4 members (excludes halogenated alkanes) is 1. The summed E-state index contributed by atoms with van der Waals surface area (Å²) in [5.41, 5.74) is 1.03. The summed E-state index contributed by atoms with van der Waals surface area (Å²) in [6, 6.07) is 5.85. The molecule has 7 heteroatoms. The first kappa shape index (κ1) is 24.4. The number of hydrogen-bond acceptors (Lipinski definition) is 5. The average Bonchev–Trinajstić information content (AvgIpc) is 3.03. The van der Waals surface area contributed by atoms with Gasteiger partial charge in [0, 0.05) is 18.9 Å². The smallest absolute Gasteiger partial charge is 0.234 e. The van der Waals surface area contributed by atoms with Crippen molar-refractivity contribution in [3.05, 3.63) is 23.8 Å². The molecular weight excluding hydrogens is 406 g/mol. The van der Waals surface area contributed by atoms with Crippen LogP contribution in [0.4, 0.5) is 0 Å². The summed E-state index contributed by atoms with van der Waals surface area (Å²) in [6.07, 6.45) is 4.58. The second-order valence-corrected chi connectivity index (χ2v) is 9.24. The number of carbonyl (C=O) groups excluding carboxylic acids is 2. The van der Waals surface area contributed by atoms with E-state index in [4.69, 9.17) is 9.47 Å². The first-order chi connectivity index (χ1) is 15.5. The van der Waals surface area contributed by atoms with E-state index in [1.165, 1.54) is 0 Å². The predicted octanol–water partition coefficient (Wildman–Crippen LogP) is 3.29. The fraction of sp³-hybridized carbons (Fsp3) is 0.680. The topological polar surface area (TPSA) is 79.9 Å². The summed E-state index contributed by atoms with van der Waals surface area (Å²) < 4.78 is 11.6. The number of ether oxygens (including phenoxy) is 2. The van der Waals surface area contributed by atoms with Crippen molar-refractivity contribution >= 4 is 11.8 Å². The first-order valence-corrected chi connectivity index (χ1v) is 12.2. The molecular formula is C25H39N3O4. The molecule has 2 amide bonds. The lowest BCUT2D eigenvalue weighted by molar-refractivity contribution is -0.127. The highest BCUT2D eigenvalue weighted by Crippen LogP contribution is 2.34. The van der Waals surface area contributed by atoms with Gasteiger partial charge in [0.2, 0.25) is 11.8 Å². The molecule has 2 heterocycles. The minimum Gasteiger partial charge on any atom is -0.490 e. The third-order valence-corrected chi connectivity index (χ3v) is 6.27. The molecule has 1 saturated heterocycles. The molecule has 7 nitrogen and oxygen atoms in total. The molecule has 1 fully saturated rings. The number of benzene rings is 1. The minimum atomic E-state index is -0.0958. The largest absolute Gasteiger partial charge is 0.490 e. The third kappa shape index (κ3) is 6.86. The maximum Gasteiger partial charge on any atom is 0.234 e. The van der Waals surface area contributed by atoms with Gasteiger partial charge >= 0.3 is 0 Å². The number of likely N-dealkylation sites (tertiary alicyclic amines) is 1. The van der Waals surface area contributed by atoms with Crippen LogP contribution in [0.5, 0.6) is 11.5 Å². The second kappa shape index (κ2) is 12.1. The van der Waals surface area contributed by atoms with Crippen molar-refractivity contribution in [3.8, 4) is 11.5 Å². The molecule has 1 aromatic rings. The van der Waals surface area contributed by atoms with Gasteiger partial charge in [-0.3, -0.25) is 14.5 Å². The summed E-state index contributed by atoms with van der Waals surface area (Å²) in [5, 5.41) is 6.25. The SMILES string of the molecule is CCCCNC(=O)C1CCN(CC(=O)NC(c2ccc3c(c2)OCCCO3)C(C)C)CC1. The van der Waals surface area contributed by atoms with E-state index in [1.54, 1.807) is 0 Å². The van der Waals surface area contributed by atoms with Crippen molar-refractivity contribution in [3.63, 3.8) is 0 Å². The Bertz CT molecular complexity index is 760. The number of carbonyl (C=O) groups is 2. The Labute approximate surface area is 192 Å². The Kier molecular flexibility index (Phi) is 9.21. The highest BCUT2D eigenvalue weighted by molar-refractivity contribution is 5.79. The second-order valence-electron chi connectivity index (χ2n) is 9.24. The minimum absolute atomic E-state index is 0.0154. The van der Waals surface area contributed by atoms with Crippen LogP contribution < -0.4 is 20.1 Å². The van der Waals surface area contributed by atoms with Crippen molar-refractivity contribution in [2.45, 2.75) is 58.9 Å². The molecule has 1 atom stereocenters. The highest BCUT2D eigenvalue weighted by Gasteiger charge is 2.27. The molecule has 2 N–H and O–H groups in total. The summed E-state index contributed by atoms with van der Waals surface area (Å²) in [4.78, 5) is 27.3. The van der Waals surface area contributed by atoms with Crippen molar-refractivity contribution in [2.24, 2.45) is 11.8 Å². The van der Waals surface area contributed by atoms with Gasteiger partial charge in [0.25, 0.3) is 0 Å². The van der Waals surface area contributed by atoms with Crippen LogP contribution in [-0.4, -0.2) is 56.1 Å². The molecule has 0 bridgehead atoms. The molecule has 3 rings (SSSR count). The standard InChI is InChI=1S/C25H39N3O4/c1-4-5-11-26-25(30)19-9-12-28(13-10-19)17-23(29)27-24(18(2)3)20-7-8-21-22(16-20)32-15-6-14-31-21/h7-8,16,18-19,24H,4-6,9-15,17H2,1-3H3,(H,26,30)(H,27,29). The van der Waals surface area contributed by atoms with E-state index in [2.05, 4.69) is 36.3 Å². The Morgan fingerprint density at radius 3 is 2.53 bits per heavy atom. The number of nitrogens with zero attached hydrogens (tertiary/aromatic N) is 1. The summed E-state index contributed by atoms with van der Waals surface area (Å²) in [5.74, 6) is 2.00. The van der Waals surface area contributed by atoms with Gasteiger partial charge in [-0.05, 0) is 56.0 Å². The van der Waals surface area contributed by atoms with Crippen LogP contribution in [0.25, 0.3) is 0 Å². The van der Waals surface area contributed by atoms with Crippen molar-refractivity contribution in [1.29, 1.82) is 0 Å². The van der Waals surface area contributed by atoms with Gasteiger partial charge in [0.05, 0.1) is 25.8 Å². The molecule has 2 aliphatic rings.